The molecule has 0 bridgehead atoms. The molecule has 0 aliphatic rings. The van der Waals surface area contributed by atoms with Crippen LogP contribution >= 0.6 is 34.8 Å². The highest BCUT2D eigenvalue weighted by molar-refractivity contribution is 14.1. The van der Waals surface area contributed by atoms with Gasteiger partial charge in [-0.1, -0.05) is 13.3 Å². The first-order chi connectivity index (χ1) is 8.52. The second kappa shape index (κ2) is 7.63. The maximum absolute atomic E-state index is 11.5. The monoisotopic (exact) mass is 377 g/mol. The van der Waals surface area contributed by atoms with E-state index in [-0.39, 0.29) is 5.91 Å². The maximum Gasteiger partial charge on any atom is 0.226 e. The third-order valence-corrected chi connectivity index (χ3v) is 3.62. The molecular formula is C12H16IN3OS. The van der Waals surface area contributed by atoms with E-state index in [0.29, 0.717) is 17.4 Å². The number of nitrogens with one attached hydrogen (secondary N) is 2. The zero-order valence-corrected chi connectivity index (χ0v) is 13.4. The quantitative estimate of drug-likeness (QED) is 0.626. The zero-order chi connectivity index (χ0) is 13.5. The van der Waals surface area contributed by atoms with Crippen LogP contribution in [0.5, 0.6) is 0 Å². The van der Waals surface area contributed by atoms with Gasteiger partial charge in [0.15, 0.2) is 5.11 Å². The number of rotatable bonds is 4. The third kappa shape index (κ3) is 5.26. The summed E-state index contributed by atoms with van der Waals surface area (Å²) in [6.07, 6.45) is 2.36. The Morgan fingerprint density at radius 3 is 2.83 bits per heavy atom. The SMILES string of the molecule is CCCCC(=O)NC(=S)Nc1ccc(I)c(C)n1. The first-order valence-corrected chi connectivity index (χ1v) is 7.25. The summed E-state index contributed by atoms with van der Waals surface area (Å²) < 4.78 is 1.09. The molecule has 0 aliphatic heterocycles. The van der Waals surface area contributed by atoms with Crippen LogP contribution in [0.2, 0.25) is 0 Å². The number of anilines is 1. The molecule has 4 nitrogen and oxygen atoms in total. The van der Waals surface area contributed by atoms with E-state index >= 15 is 0 Å². The lowest BCUT2D eigenvalue weighted by Crippen LogP contribution is -2.34. The van der Waals surface area contributed by atoms with E-state index in [9.17, 15) is 4.79 Å². The van der Waals surface area contributed by atoms with Gasteiger partial charge in [0.1, 0.15) is 5.82 Å². The Hall–Kier alpha value is -0.760. The molecule has 98 valence electrons. The van der Waals surface area contributed by atoms with Crippen molar-refractivity contribution in [2.45, 2.75) is 33.1 Å². The Balaban J connectivity index is 2.49. The molecule has 0 aromatic carbocycles. The van der Waals surface area contributed by atoms with Gasteiger partial charge in [-0.3, -0.25) is 4.79 Å². The van der Waals surface area contributed by atoms with E-state index in [1.165, 1.54) is 0 Å². The number of carbonyl (C=O) groups excluding carboxylic acids is 1. The molecule has 1 aromatic heterocycles. The number of carbonyl (C=O) groups is 1. The molecule has 1 rings (SSSR count). The fourth-order valence-electron chi connectivity index (χ4n) is 1.29. The van der Waals surface area contributed by atoms with Crippen LogP contribution in [-0.4, -0.2) is 16.0 Å². The predicted octanol–water partition coefficient (Wildman–Crippen LogP) is 3.00. The summed E-state index contributed by atoms with van der Waals surface area (Å²) in [5, 5.41) is 5.83. The van der Waals surface area contributed by atoms with E-state index in [1.54, 1.807) is 0 Å². The summed E-state index contributed by atoms with van der Waals surface area (Å²) >= 11 is 7.27. The number of hydrogen-bond donors (Lipinski definition) is 2. The number of unbranched alkanes of at least 4 members (excludes halogenated alkanes) is 1. The molecule has 0 aliphatic carbocycles. The summed E-state index contributed by atoms with van der Waals surface area (Å²) in [5.74, 6) is 0.588. The number of halogens is 1. The second-order valence-corrected chi connectivity index (χ2v) is 5.44. The normalized spacial score (nSPS) is 9.94. The van der Waals surface area contributed by atoms with Crippen molar-refractivity contribution in [2.75, 3.05) is 5.32 Å². The summed E-state index contributed by atoms with van der Waals surface area (Å²) in [6.45, 7) is 3.97. The molecule has 0 atom stereocenters. The van der Waals surface area contributed by atoms with Gasteiger partial charge in [0.05, 0.1) is 5.69 Å². The predicted molar refractivity (Wildman–Crippen MR) is 85.6 cm³/mol. The molecule has 1 heterocycles. The van der Waals surface area contributed by atoms with Crippen LogP contribution in [0.25, 0.3) is 0 Å². The molecule has 1 amide bonds. The fraction of sp³-hybridized carbons (Fsp3) is 0.417. The Kier molecular flexibility index (Phi) is 6.48. The Labute approximate surface area is 126 Å². The van der Waals surface area contributed by atoms with Gasteiger partial charge in [0.25, 0.3) is 0 Å². The molecule has 0 radical (unpaired) electrons. The van der Waals surface area contributed by atoms with Crippen LogP contribution in [0.1, 0.15) is 31.9 Å². The van der Waals surface area contributed by atoms with Crippen LogP contribution < -0.4 is 10.6 Å². The van der Waals surface area contributed by atoms with Gasteiger partial charge < -0.3 is 10.6 Å². The van der Waals surface area contributed by atoms with Gasteiger partial charge in [0, 0.05) is 9.99 Å². The molecule has 0 saturated heterocycles. The minimum atomic E-state index is -0.0587. The van der Waals surface area contributed by atoms with Crippen LogP contribution in [0.4, 0.5) is 5.82 Å². The van der Waals surface area contributed by atoms with Crippen molar-refractivity contribution in [3.05, 3.63) is 21.4 Å². The number of aromatic nitrogens is 1. The van der Waals surface area contributed by atoms with Crippen molar-refractivity contribution in [2.24, 2.45) is 0 Å². The first-order valence-electron chi connectivity index (χ1n) is 5.77. The standard InChI is InChI=1S/C12H16IN3OS/c1-3-4-5-11(17)16-12(18)15-10-7-6-9(13)8(2)14-10/h6-7H,3-5H2,1-2H3,(H2,14,15,16,17,18). The highest BCUT2D eigenvalue weighted by atomic mass is 127. The van der Waals surface area contributed by atoms with E-state index in [0.717, 1.165) is 22.1 Å². The molecular weight excluding hydrogens is 361 g/mol. The lowest BCUT2D eigenvalue weighted by molar-refractivity contribution is -0.119. The van der Waals surface area contributed by atoms with Crippen molar-refractivity contribution in [1.82, 2.24) is 10.3 Å². The van der Waals surface area contributed by atoms with Gasteiger partial charge in [-0.15, -0.1) is 0 Å². The average Bonchev–Trinajstić information content (AvgIpc) is 2.31. The molecule has 0 unspecified atom stereocenters. The largest absolute Gasteiger partial charge is 0.317 e. The number of aryl methyl sites for hydroxylation is 1. The topological polar surface area (TPSA) is 54.0 Å². The van der Waals surface area contributed by atoms with Gasteiger partial charge >= 0.3 is 0 Å². The van der Waals surface area contributed by atoms with Crippen LogP contribution in [0.3, 0.4) is 0 Å². The highest BCUT2D eigenvalue weighted by Gasteiger charge is 2.05. The fourth-order valence-corrected chi connectivity index (χ4v) is 1.81. The van der Waals surface area contributed by atoms with Crippen LogP contribution in [0, 0.1) is 10.5 Å². The molecule has 0 saturated carbocycles. The van der Waals surface area contributed by atoms with E-state index in [2.05, 4.69) is 38.2 Å². The average molecular weight is 377 g/mol. The number of thiocarbonyl (C=S) groups is 1. The van der Waals surface area contributed by atoms with Crippen molar-refractivity contribution in [1.29, 1.82) is 0 Å². The van der Waals surface area contributed by atoms with E-state index < -0.39 is 0 Å². The Morgan fingerprint density at radius 2 is 2.22 bits per heavy atom. The van der Waals surface area contributed by atoms with Gasteiger partial charge in [-0.25, -0.2) is 4.98 Å². The Morgan fingerprint density at radius 1 is 1.50 bits per heavy atom. The number of nitrogens with zero attached hydrogens (tertiary/aromatic N) is 1. The van der Waals surface area contributed by atoms with Crippen LogP contribution in [0.15, 0.2) is 12.1 Å². The van der Waals surface area contributed by atoms with E-state index in [1.807, 2.05) is 26.0 Å². The minimum Gasteiger partial charge on any atom is -0.317 e. The first kappa shape index (κ1) is 15.3. The summed E-state index contributed by atoms with van der Waals surface area (Å²) in [4.78, 5) is 15.8. The number of hydrogen-bond acceptors (Lipinski definition) is 3. The second-order valence-electron chi connectivity index (χ2n) is 3.87. The summed E-state index contributed by atoms with van der Waals surface area (Å²) in [5.41, 5.74) is 0.931. The third-order valence-electron chi connectivity index (χ3n) is 2.27. The molecule has 0 spiro atoms. The molecule has 18 heavy (non-hydrogen) atoms. The molecule has 1 aromatic rings. The van der Waals surface area contributed by atoms with Gasteiger partial charge in [-0.05, 0) is 60.3 Å². The smallest absolute Gasteiger partial charge is 0.226 e. The number of pyridine rings is 1. The highest BCUT2D eigenvalue weighted by Crippen LogP contribution is 2.12. The van der Waals surface area contributed by atoms with Crippen molar-refractivity contribution >= 4 is 51.6 Å². The van der Waals surface area contributed by atoms with Crippen molar-refractivity contribution in [3.63, 3.8) is 0 Å². The van der Waals surface area contributed by atoms with Crippen molar-refractivity contribution < 1.29 is 4.79 Å². The van der Waals surface area contributed by atoms with E-state index in [4.69, 9.17) is 12.2 Å². The minimum absolute atomic E-state index is 0.0587. The van der Waals surface area contributed by atoms with Gasteiger partial charge in [-0.2, -0.15) is 0 Å². The summed E-state index contributed by atoms with van der Waals surface area (Å²) in [7, 11) is 0. The van der Waals surface area contributed by atoms with Crippen LogP contribution in [-0.2, 0) is 4.79 Å². The lowest BCUT2D eigenvalue weighted by Gasteiger charge is -2.09. The molecule has 2 N–H and O–H groups in total. The maximum atomic E-state index is 11.5. The summed E-state index contributed by atoms with van der Waals surface area (Å²) in [6, 6.07) is 3.78. The van der Waals surface area contributed by atoms with Gasteiger partial charge in [0.2, 0.25) is 5.91 Å². The lowest BCUT2D eigenvalue weighted by atomic mass is 10.2. The van der Waals surface area contributed by atoms with Crippen molar-refractivity contribution in [3.8, 4) is 0 Å². The zero-order valence-electron chi connectivity index (χ0n) is 10.4. The Bertz CT molecular complexity index is 451. The molecule has 6 heteroatoms. The number of amides is 1. The molecule has 0 fully saturated rings.